The normalized spacial score (nSPS) is 17.1. The van der Waals surface area contributed by atoms with Gasteiger partial charge in [0.15, 0.2) is 6.10 Å². The highest BCUT2D eigenvalue weighted by molar-refractivity contribution is 5.96. The summed E-state index contributed by atoms with van der Waals surface area (Å²) in [6.07, 6.45) is 0.937. The molecule has 5 rings (SSSR count). The van der Waals surface area contributed by atoms with E-state index in [0.29, 0.717) is 29.1 Å². The number of aromatic nitrogens is 2. The van der Waals surface area contributed by atoms with E-state index >= 15 is 0 Å². The number of carbonyl (C=O) groups is 2. The van der Waals surface area contributed by atoms with E-state index in [2.05, 4.69) is 10.6 Å². The van der Waals surface area contributed by atoms with Crippen molar-refractivity contribution in [3.8, 4) is 6.07 Å². The highest BCUT2D eigenvalue weighted by Crippen LogP contribution is 2.30. The molecule has 1 atom stereocenters. The van der Waals surface area contributed by atoms with Crippen molar-refractivity contribution >= 4 is 34.2 Å². The Kier molecular flexibility index (Phi) is 7.40. The third-order valence-corrected chi connectivity index (χ3v) is 7.08. The first-order valence-corrected chi connectivity index (χ1v) is 13.1. The van der Waals surface area contributed by atoms with E-state index in [0.717, 1.165) is 18.9 Å². The highest BCUT2D eigenvalue weighted by atomic mass is 19.1. The Morgan fingerprint density at radius 1 is 1.15 bits per heavy atom. The summed E-state index contributed by atoms with van der Waals surface area (Å²) >= 11 is 0. The lowest BCUT2D eigenvalue weighted by Gasteiger charge is -2.32. The lowest BCUT2D eigenvalue weighted by Crippen LogP contribution is -2.51. The quantitative estimate of drug-likeness (QED) is 0.486. The minimum atomic E-state index is -1.04. The van der Waals surface area contributed by atoms with E-state index in [1.54, 1.807) is 22.8 Å². The van der Waals surface area contributed by atoms with Gasteiger partial charge in [-0.05, 0) is 69.0 Å². The molecule has 0 unspecified atom stereocenters. The molecule has 0 spiro atoms. The molecule has 1 aliphatic heterocycles. The van der Waals surface area contributed by atoms with Crippen LogP contribution in [0.4, 0.5) is 20.6 Å². The van der Waals surface area contributed by atoms with Gasteiger partial charge in [-0.25, -0.2) is 14.0 Å². The van der Waals surface area contributed by atoms with E-state index in [1.165, 1.54) is 21.6 Å². The number of morpholine rings is 1. The van der Waals surface area contributed by atoms with Gasteiger partial charge in [-0.15, -0.1) is 0 Å². The number of amides is 3. The lowest BCUT2D eigenvalue weighted by atomic mass is 10.2. The zero-order chi connectivity index (χ0) is 28.6. The number of carbonyl (C=O) groups excluding carboxylic acids is 2. The van der Waals surface area contributed by atoms with Crippen molar-refractivity contribution in [1.29, 1.82) is 5.26 Å². The van der Waals surface area contributed by atoms with Gasteiger partial charge >= 0.3 is 11.7 Å². The van der Waals surface area contributed by atoms with Crippen molar-refractivity contribution in [2.24, 2.45) is 5.92 Å². The van der Waals surface area contributed by atoms with Crippen LogP contribution in [0, 0.1) is 23.1 Å². The standard InChI is InChI=1S/C28H29FN6O5/c1-16(2)35-23-8-6-19(12-20(23)26(37)34(28(35)39)14-17-3-4-17)31-27(38)33-9-10-40-24(15-33)25(36)32-22-7-5-18(13-30)11-21(22)29/h5-8,11-12,16-17,24H,3-4,9-10,14-15H2,1-2H3,(H,31,38)(H,32,36)/t24-/m1/s1. The highest BCUT2D eigenvalue weighted by Gasteiger charge is 2.30. The van der Waals surface area contributed by atoms with Crippen LogP contribution >= 0.6 is 0 Å². The van der Waals surface area contributed by atoms with E-state index < -0.39 is 29.4 Å². The molecule has 2 heterocycles. The van der Waals surface area contributed by atoms with Crippen molar-refractivity contribution in [2.45, 2.75) is 45.4 Å². The Hall–Kier alpha value is -4.50. The molecular formula is C28H29FN6O5. The number of rotatable bonds is 6. The van der Waals surface area contributed by atoms with Crippen LogP contribution in [0.1, 0.15) is 38.3 Å². The molecule has 2 aliphatic rings. The molecule has 3 amide bonds. The SMILES string of the molecule is CC(C)n1c(=O)n(CC2CC2)c(=O)c2cc(NC(=O)N3CCO[C@@H](C(=O)Nc4ccc(C#N)cc4F)C3)ccc21. The fraction of sp³-hybridized carbons (Fsp3) is 0.393. The number of hydrogen-bond donors (Lipinski definition) is 2. The number of nitriles is 1. The molecule has 40 heavy (non-hydrogen) atoms. The number of hydrogen-bond acceptors (Lipinski definition) is 6. The van der Waals surface area contributed by atoms with Gasteiger partial charge in [0, 0.05) is 24.8 Å². The van der Waals surface area contributed by atoms with E-state index in [1.807, 2.05) is 19.9 Å². The second kappa shape index (κ2) is 10.9. The van der Waals surface area contributed by atoms with Gasteiger partial charge in [-0.1, -0.05) is 0 Å². The van der Waals surface area contributed by atoms with Crippen LogP contribution in [0.25, 0.3) is 10.9 Å². The average molecular weight is 549 g/mol. The predicted octanol–water partition coefficient (Wildman–Crippen LogP) is 3.04. The molecule has 2 N–H and O–H groups in total. The minimum absolute atomic E-state index is 0.0791. The Morgan fingerprint density at radius 3 is 2.60 bits per heavy atom. The summed E-state index contributed by atoms with van der Waals surface area (Å²) in [5.41, 5.74) is 0.155. The zero-order valence-corrected chi connectivity index (χ0v) is 22.1. The number of urea groups is 1. The molecule has 1 aromatic heterocycles. The molecule has 12 heteroatoms. The number of nitrogens with zero attached hydrogens (tertiary/aromatic N) is 4. The molecule has 0 bridgehead atoms. The summed E-state index contributed by atoms with van der Waals surface area (Å²) < 4.78 is 22.6. The predicted molar refractivity (Wildman–Crippen MR) is 146 cm³/mol. The molecule has 1 aliphatic carbocycles. The first kappa shape index (κ1) is 27.1. The summed E-state index contributed by atoms with van der Waals surface area (Å²) in [6.45, 7) is 4.36. The average Bonchev–Trinajstić information content (AvgIpc) is 3.76. The van der Waals surface area contributed by atoms with Gasteiger partial charge in [-0.2, -0.15) is 5.26 Å². The largest absolute Gasteiger partial charge is 0.365 e. The first-order valence-electron chi connectivity index (χ1n) is 13.1. The Morgan fingerprint density at radius 2 is 1.93 bits per heavy atom. The van der Waals surface area contributed by atoms with Crippen LogP contribution in [-0.2, 0) is 16.1 Å². The fourth-order valence-electron chi connectivity index (χ4n) is 4.77. The van der Waals surface area contributed by atoms with Crippen LogP contribution in [-0.4, -0.2) is 51.8 Å². The van der Waals surface area contributed by atoms with Crippen molar-refractivity contribution in [3.05, 3.63) is 68.6 Å². The maximum absolute atomic E-state index is 14.2. The molecule has 208 valence electrons. The van der Waals surface area contributed by atoms with Gasteiger partial charge < -0.3 is 20.3 Å². The second-order valence-electron chi connectivity index (χ2n) is 10.4. The topological polar surface area (TPSA) is 138 Å². The van der Waals surface area contributed by atoms with Crippen molar-refractivity contribution in [2.75, 3.05) is 30.3 Å². The summed E-state index contributed by atoms with van der Waals surface area (Å²) in [5.74, 6) is -1.06. The van der Waals surface area contributed by atoms with Gasteiger partial charge in [-0.3, -0.25) is 18.7 Å². The number of benzene rings is 2. The van der Waals surface area contributed by atoms with Crippen LogP contribution < -0.4 is 21.9 Å². The molecular weight excluding hydrogens is 519 g/mol. The Balaban J connectivity index is 1.32. The van der Waals surface area contributed by atoms with Gasteiger partial charge in [0.1, 0.15) is 5.82 Å². The number of halogens is 1. The third kappa shape index (κ3) is 5.46. The van der Waals surface area contributed by atoms with Gasteiger partial charge in [0.2, 0.25) is 0 Å². The monoisotopic (exact) mass is 548 g/mol. The van der Waals surface area contributed by atoms with Crippen molar-refractivity contribution < 1.29 is 18.7 Å². The number of ether oxygens (including phenoxy) is 1. The number of fused-ring (bicyclic) bond motifs is 1. The molecule has 2 aromatic carbocycles. The van der Waals surface area contributed by atoms with E-state index in [4.69, 9.17) is 10.00 Å². The first-order chi connectivity index (χ1) is 19.2. The van der Waals surface area contributed by atoms with Crippen LogP contribution in [0.15, 0.2) is 46.0 Å². The Labute approximate surface area is 228 Å². The maximum Gasteiger partial charge on any atom is 0.331 e. The molecule has 11 nitrogen and oxygen atoms in total. The second-order valence-corrected chi connectivity index (χ2v) is 10.4. The van der Waals surface area contributed by atoms with Gasteiger partial charge in [0.05, 0.1) is 41.4 Å². The number of nitrogens with one attached hydrogen (secondary N) is 2. The molecule has 1 saturated heterocycles. The number of anilines is 2. The summed E-state index contributed by atoms with van der Waals surface area (Å²) in [4.78, 5) is 53.6. The molecule has 1 saturated carbocycles. The zero-order valence-electron chi connectivity index (χ0n) is 22.1. The smallest absolute Gasteiger partial charge is 0.331 e. The third-order valence-electron chi connectivity index (χ3n) is 7.08. The molecule has 2 fully saturated rings. The minimum Gasteiger partial charge on any atom is -0.365 e. The summed E-state index contributed by atoms with van der Waals surface area (Å²) in [5, 5.41) is 14.4. The maximum atomic E-state index is 14.2. The van der Waals surface area contributed by atoms with Gasteiger partial charge in [0.25, 0.3) is 11.5 Å². The Bertz CT molecular complexity index is 1650. The fourth-order valence-corrected chi connectivity index (χ4v) is 4.77. The van der Waals surface area contributed by atoms with E-state index in [9.17, 15) is 23.6 Å². The van der Waals surface area contributed by atoms with Crippen LogP contribution in [0.3, 0.4) is 0 Å². The molecule has 0 radical (unpaired) electrons. The van der Waals surface area contributed by atoms with Crippen LogP contribution in [0.2, 0.25) is 0 Å². The summed E-state index contributed by atoms with van der Waals surface area (Å²) in [7, 11) is 0. The van der Waals surface area contributed by atoms with Crippen LogP contribution in [0.5, 0.6) is 0 Å². The van der Waals surface area contributed by atoms with Crippen molar-refractivity contribution in [1.82, 2.24) is 14.0 Å². The molecule has 3 aromatic rings. The van der Waals surface area contributed by atoms with E-state index in [-0.39, 0.29) is 42.7 Å². The lowest BCUT2D eigenvalue weighted by molar-refractivity contribution is -0.131. The summed E-state index contributed by atoms with van der Waals surface area (Å²) in [6, 6.07) is 9.68. The van der Waals surface area contributed by atoms with Crippen molar-refractivity contribution in [3.63, 3.8) is 0 Å².